The molecular formula is C22H31N3O4S. The number of furan rings is 1. The number of hydrogen-bond acceptors (Lipinski definition) is 5. The van der Waals surface area contributed by atoms with Crippen molar-refractivity contribution in [3.05, 3.63) is 28.5 Å². The molecule has 0 atom stereocenters. The zero-order valence-electron chi connectivity index (χ0n) is 18.3. The lowest BCUT2D eigenvalue weighted by atomic mass is 10.0. The van der Waals surface area contributed by atoms with Gasteiger partial charge in [-0.05, 0) is 64.3 Å². The molecule has 164 valence electrons. The number of carbonyl (C=O) groups is 1. The summed E-state index contributed by atoms with van der Waals surface area (Å²) in [7, 11) is -1.74. The van der Waals surface area contributed by atoms with Crippen molar-refractivity contribution in [2.24, 2.45) is 0 Å². The maximum absolute atomic E-state index is 13.6. The van der Waals surface area contributed by atoms with Crippen molar-refractivity contribution in [3.8, 4) is 0 Å². The van der Waals surface area contributed by atoms with Gasteiger partial charge in [-0.1, -0.05) is 0 Å². The molecule has 2 saturated heterocycles. The number of hydrogen-bond donors (Lipinski definition) is 0. The van der Waals surface area contributed by atoms with Crippen LogP contribution in [0, 0.1) is 20.8 Å². The van der Waals surface area contributed by atoms with Gasteiger partial charge in [-0.25, -0.2) is 8.42 Å². The summed E-state index contributed by atoms with van der Waals surface area (Å²) in [5.74, 6) is 0.133. The van der Waals surface area contributed by atoms with E-state index in [1.165, 1.54) is 4.31 Å². The molecule has 30 heavy (non-hydrogen) atoms. The Morgan fingerprint density at radius 2 is 1.57 bits per heavy atom. The number of carbonyl (C=O) groups excluding carboxylic acids is 1. The zero-order chi connectivity index (χ0) is 21.6. The van der Waals surface area contributed by atoms with Crippen molar-refractivity contribution >= 4 is 26.9 Å². The average Bonchev–Trinajstić information content (AvgIpc) is 3.05. The summed E-state index contributed by atoms with van der Waals surface area (Å²) < 4.78 is 34.9. The Kier molecular flexibility index (Phi) is 5.67. The van der Waals surface area contributed by atoms with Gasteiger partial charge in [0.05, 0.1) is 0 Å². The van der Waals surface area contributed by atoms with E-state index in [4.69, 9.17) is 4.42 Å². The van der Waals surface area contributed by atoms with Crippen molar-refractivity contribution in [2.45, 2.75) is 44.9 Å². The number of sulfonamides is 1. The highest BCUT2D eigenvalue weighted by molar-refractivity contribution is 7.89. The van der Waals surface area contributed by atoms with Gasteiger partial charge in [-0.15, -0.1) is 0 Å². The van der Waals surface area contributed by atoms with Gasteiger partial charge in [-0.2, -0.15) is 4.31 Å². The summed E-state index contributed by atoms with van der Waals surface area (Å²) in [6.45, 7) is 9.33. The van der Waals surface area contributed by atoms with Crippen LogP contribution in [0.4, 0.5) is 0 Å². The van der Waals surface area contributed by atoms with Gasteiger partial charge in [0.1, 0.15) is 4.90 Å². The Morgan fingerprint density at radius 3 is 2.20 bits per heavy atom. The number of piperazine rings is 1. The first-order valence-corrected chi connectivity index (χ1v) is 12.2. The third kappa shape index (κ3) is 3.55. The first-order valence-electron chi connectivity index (χ1n) is 10.7. The fourth-order valence-corrected chi connectivity index (χ4v) is 6.29. The van der Waals surface area contributed by atoms with Crippen LogP contribution < -0.4 is 0 Å². The number of likely N-dealkylation sites (tertiary alicyclic amines) is 1. The molecule has 0 unspecified atom stereocenters. The van der Waals surface area contributed by atoms with Crippen molar-refractivity contribution < 1.29 is 17.6 Å². The van der Waals surface area contributed by atoms with Crippen LogP contribution in [0.25, 0.3) is 11.0 Å². The van der Waals surface area contributed by atoms with E-state index in [2.05, 4.69) is 4.90 Å². The second-order valence-corrected chi connectivity index (χ2v) is 10.5. The molecule has 0 spiro atoms. The molecule has 0 aliphatic carbocycles. The molecule has 0 saturated carbocycles. The van der Waals surface area contributed by atoms with Gasteiger partial charge in [0.25, 0.3) is 5.91 Å². The number of aryl methyl sites for hydroxylation is 2. The monoisotopic (exact) mass is 433 g/mol. The first kappa shape index (κ1) is 21.3. The van der Waals surface area contributed by atoms with Crippen molar-refractivity contribution in [3.63, 3.8) is 0 Å². The third-order valence-electron chi connectivity index (χ3n) is 6.59. The maximum atomic E-state index is 13.6. The summed E-state index contributed by atoms with van der Waals surface area (Å²) in [5.41, 5.74) is 2.61. The van der Waals surface area contributed by atoms with Crippen LogP contribution in [0.15, 0.2) is 15.4 Å². The molecule has 8 heteroatoms. The van der Waals surface area contributed by atoms with E-state index in [-0.39, 0.29) is 16.6 Å². The van der Waals surface area contributed by atoms with E-state index in [9.17, 15) is 13.2 Å². The highest BCUT2D eigenvalue weighted by Gasteiger charge is 2.34. The van der Waals surface area contributed by atoms with Gasteiger partial charge < -0.3 is 14.2 Å². The first-order chi connectivity index (χ1) is 14.2. The standard InChI is InChI=1S/C22H31N3O4S/c1-15-14-18-17(3)19(22(26)24-8-6-5-7-9-24)29-20(18)21(16(15)2)30(27,28)25-12-10-23(4)11-13-25/h14H,5-13H2,1-4H3. The number of piperidine rings is 1. The summed E-state index contributed by atoms with van der Waals surface area (Å²) in [4.78, 5) is 17.3. The average molecular weight is 434 g/mol. The Bertz CT molecular complexity index is 1080. The van der Waals surface area contributed by atoms with Gasteiger partial charge in [-0.3, -0.25) is 4.79 Å². The molecule has 7 nitrogen and oxygen atoms in total. The lowest BCUT2D eigenvalue weighted by molar-refractivity contribution is 0.0693. The minimum atomic E-state index is -3.73. The molecule has 2 aliphatic rings. The highest BCUT2D eigenvalue weighted by Crippen LogP contribution is 2.37. The van der Waals surface area contributed by atoms with Crippen LogP contribution in [0.1, 0.15) is 46.5 Å². The highest BCUT2D eigenvalue weighted by atomic mass is 32.2. The van der Waals surface area contributed by atoms with Crippen LogP contribution in [-0.2, 0) is 10.0 Å². The molecule has 2 aromatic rings. The van der Waals surface area contributed by atoms with Crippen LogP contribution >= 0.6 is 0 Å². The van der Waals surface area contributed by atoms with Crippen molar-refractivity contribution in [1.29, 1.82) is 0 Å². The Morgan fingerprint density at radius 1 is 0.933 bits per heavy atom. The van der Waals surface area contributed by atoms with E-state index in [0.717, 1.165) is 43.5 Å². The van der Waals surface area contributed by atoms with E-state index >= 15 is 0 Å². The molecule has 1 aromatic carbocycles. The van der Waals surface area contributed by atoms with Gasteiger partial charge in [0.15, 0.2) is 11.3 Å². The second-order valence-electron chi connectivity index (χ2n) is 8.64. The number of benzene rings is 1. The van der Waals surface area contributed by atoms with Crippen LogP contribution in [0.5, 0.6) is 0 Å². The van der Waals surface area contributed by atoms with E-state index in [1.54, 1.807) is 0 Å². The molecule has 2 aliphatic heterocycles. The lowest BCUT2D eigenvalue weighted by Gasteiger charge is -2.32. The summed E-state index contributed by atoms with van der Waals surface area (Å²) in [5, 5.41) is 0.714. The van der Waals surface area contributed by atoms with Gasteiger partial charge in [0.2, 0.25) is 10.0 Å². The fraction of sp³-hybridized carbons (Fsp3) is 0.591. The van der Waals surface area contributed by atoms with E-state index < -0.39 is 10.0 Å². The maximum Gasteiger partial charge on any atom is 0.289 e. The normalized spacial score (nSPS) is 19.5. The summed E-state index contributed by atoms with van der Waals surface area (Å²) in [6, 6.07) is 1.94. The van der Waals surface area contributed by atoms with Crippen molar-refractivity contribution in [2.75, 3.05) is 46.3 Å². The summed E-state index contributed by atoms with van der Waals surface area (Å²) in [6.07, 6.45) is 3.12. The largest absolute Gasteiger partial charge is 0.449 e. The van der Waals surface area contributed by atoms with Gasteiger partial charge in [0, 0.05) is 50.2 Å². The smallest absolute Gasteiger partial charge is 0.289 e. The van der Waals surface area contributed by atoms with E-state index in [1.807, 2.05) is 38.8 Å². The molecular weight excluding hydrogens is 402 g/mol. The fourth-order valence-electron chi connectivity index (χ4n) is 4.46. The second kappa shape index (κ2) is 7.98. The number of fused-ring (bicyclic) bond motifs is 1. The Hall–Kier alpha value is -1.90. The topological polar surface area (TPSA) is 74.1 Å². The summed E-state index contributed by atoms with van der Waals surface area (Å²) >= 11 is 0. The predicted molar refractivity (Wildman–Crippen MR) is 116 cm³/mol. The van der Waals surface area contributed by atoms with Crippen LogP contribution in [-0.4, -0.2) is 74.7 Å². The minimum Gasteiger partial charge on any atom is -0.449 e. The molecule has 0 radical (unpaired) electrons. The molecule has 0 N–H and O–H groups in total. The molecule has 3 heterocycles. The number of rotatable bonds is 3. The Labute approximate surface area is 178 Å². The molecule has 0 bridgehead atoms. The SMILES string of the molecule is Cc1cc2c(C)c(C(=O)N3CCCCC3)oc2c(S(=O)(=O)N2CCN(C)CC2)c1C. The molecule has 1 amide bonds. The Balaban J connectivity index is 1.83. The van der Waals surface area contributed by atoms with Gasteiger partial charge >= 0.3 is 0 Å². The third-order valence-corrected chi connectivity index (χ3v) is 8.64. The van der Waals surface area contributed by atoms with Crippen LogP contribution in [0.3, 0.4) is 0 Å². The molecule has 1 aromatic heterocycles. The van der Waals surface area contributed by atoms with Crippen molar-refractivity contribution in [1.82, 2.24) is 14.1 Å². The van der Waals surface area contributed by atoms with E-state index in [0.29, 0.717) is 42.7 Å². The quantitative estimate of drug-likeness (QED) is 0.744. The molecule has 2 fully saturated rings. The number of amides is 1. The number of nitrogens with zero attached hydrogens (tertiary/aromatic N) is 3. The predicted octanol–water partition coefficient (Wildman–Crippen LogP) is 2.92. The zero-order valence-corrected chi connectivity index (χ0v) is 19.1. The minimum absolute atomic E-state index is 0.137. The van der Waals surface area contributed by atoms with Crippen LogP contribution in [0.2, 0.25) is 0 Å². The lowest BCUT2D eigenvalue weighted by Crippen LogP contribution is -2.47. The molecule has 4 rings (SSSR count). The number of likely N-dealkylation sites (N-methyl/N-ethyl adjacent to an activating group) is 1.